The molecule has 0 aliphatic carbocycles. The van der Waals surface area contributed by atoms with Crippen LogP contribution in [0, 0.1) is 5.82 Å². The van der Waals surface area contributed by atoms with E-state index in [0.717, 1.165) is 0 Å². The number of aromatic nitrogens is 2. The Bertz CT molecular complexity index is 674. The molecule has 0 atom stereocenters. The summed E-state index contributed by atoms with van der Waals surface area (Å²) in [7, 11) is 0. The maximum absolute atomic E-state index is 13.3. The molecule has 0 saturated carbocycles. The lowest BCUT2D eigenvalue weighted by Crippen LogP contribution is -2.15. The van der Waals surface area contributed by atoms with Gasteiger partial charge in [0.15, 0.2) is 33.4 Å². The van der Waals surface area contributed by atoms with Crippen LogP contribution in [0.5, 0.6) is 11.5 Å². The molecule has 3 rings (SSSR count). The predicted molar refractivity (Wildman–Crippen MR) is 73.4 cm³/mol. The molecule has 1 aromatic heterocycles. The third-order valence-electron chi connectivity index (χ3n) is 2.63. The largest absolute Gasteiger partial charge is 0.486 e. The zero-order valence-electron chi connectivity index (χ0n) is 9.79. The summed E-state index contributed by atoms with van der Waals surface area (Å²) in [6, 6.07) is 3.22. The third kappa shape index (κ3) is 2.37. The van der Waals surface area contributed by atoms with Gasteiger partial charge in [-0.25, -0.2) is 14.4 Å². The fourth-order valence-electron chi connectivity index (χ4n) is 1.76. The van der Waals surface area contributed by atoms with Gasteiger partial charge < -0.3 is 9.47 Å². The Morgan fingerprint density at radius 2 is 1.65 bits per heavy atom. The van der Waals surface area contributed by atoms with Crippen LogP contribution in [0.15, 0.2) is 12.1 Å². The second-order valence-corrected chi connectivity index (χ2v) is 5.05. The summed E-state index contributed by atoms with van der Waals surface area (Å²) in [5, 5.41) is -0.366. The van der Waals surface area contributed by atoms with E-state index >= 15 is 0 Å². The second kappa shape index (κ2) is 5.24. The van der Waals surface area contributed by atoms with E-state index in [1.165, 1.54) is 0 Å². The number of nitrogens with zero attached hydrogens (tertiary/aromatic N) is 2. The maximum atomic E-state index is 13.3. The van der Waals surface area contributed by atoms with Gasteiger partial charge in [0.1, 0.15) is 13.2 Å². The molecule has 0 saturated heterocycles. The normalized spacial score (nSPS) is 13.4. The van der Waals surface area contributed by atoms with Crippen molar-refractivity contribution in [2.75, 3.05) is 13.2 Å². The van der Waals surface area contributed by atoms with Crippen LogP contribution in [0.1, 0.15) is 0 Å². The lowest BCUT2D eigenvalue weighted by molar-refractivity contribution is 0.172. The number of halogens is 4. The van der Waals surface area contributed by atoms with Crippen molar-refractivity contribution >= 4 is 34.8 Å². The Hall–Kier alpha value is -1.30. The van der Waals surface area contributed by atoms with Gasteiger partial charge in [-0.2, -0.15) is 0 Å². The summed E-state index contributed by atoms with van der Waals surface area (Å²) in [5.74, 6) is 0.223. The first-order valence-electron chi connectivity index (χ1n) is 5.54. The van der Waals surface area contributed by atoms with Gasteiger partial charge in [0.05, 0.1) is 5.02 Å². The Morgan fingerprint density at radius 1 is 1.00 bits per heavy atom. The Balaban J connectivity index is 2.13. The molecule has 0 fully saturated rings. The van der Waals surface area contributed by atoms with E-state index < -0.39 is 5.82 Å². The second-order valence-electron chi connectivity index (χ2n) is 3.93. The summed E-state index contributed by atoms with van der Waals surface area (Å²) in [6.45, 7) is 0.843. The smallest absolute Gasteiger partial charge is 0.197 e. The summed E-state index contributed by atoms with van der Waals surface area (Å²) >= 11 is 17.4. The molecule has 2 aromatic rings. The summed E-state index contributed by atoms with van der Waals surface area (Å²) in [5.41, 5.74) is 0.503. The highest BCUT2D eigenvalue weighted by Crippen LogP contribution is 2.40. The quantitative estimate of drug-likeness (QED) is 0.739. The fourth-order valence-corrected chi connectivity index (χ4v) is 2.42. The van der Waals surface area contributed by atoms with Gasteiger partial charge in [-0.15, -0.1) is 0 Å². The van der Waals surface area contributed by atoms with Gasteiger partial charge in [-0.3, -0.25) is 0 Å². The summed E-state index contributed by atoms with van der Waals surface area (Å²) in [4.78, 5) is 7.67. The number of hydrogen-bond acceptors (Lipinski definition) is 4. The van der Waals surface area contributed by atoms with E-state index in [-0.39, 0.29) is 16.1 Å². The lowest BCUT2D eigenvalue weighted by atomic mass is 10.2. The van der Waals surface area contributed by atoms with Crippen molar-refractivity contribution in [3.8, 4) is 22.9 Å². The molecule has 0 unspecified atom stereocenters. The zero-order chi connectivity index (χ0) is 14.3. The van der Waals surface area contributed by atoms with Crippen molar-refractivity contribution in [3.63, 3.8) is 0 Å². The van der Waals surface area contributed by atoms with Gasteiger partial charge in [0, 0.05) is 5.56 Å². The minimum absolute atomic E-state index is 0.153. The van der Waals surface area contributed by atoms with Crippen LogP contribution in [0.3, 0.4) is 0 Å². The molecule has 1 aromatic carbocycles. The number of hydrogen-bond donors (Lipinski definition) is 0. The van der Waals surface area contributed by atoms with Crippen LogP contribution in [0.4, 0.5) is 4.39 Å². The summed E-state index contributed by atoms with van der Waals surface area (Å²) < 4.78 is 24.2. The molecule has 1 aliphatic heterocycles. The highest BCUT2D eigenvalue weighted by molar-refractivity contribution is 6.34. The predicted octanol–water partition coefficient (Wildman–Crippen LogP) is 4.01. The Labute approximate surface area is 128 Å². The number of rotatable bonds is 1. The van der Waals surface area contributed by atoms with Gasteiger partial charge in [0.2, 0.25) is 0 Å². The third-order valence-corrected chi connectivity index (χ3v) is 3.41. The van der Waals surface area contributed by atoms with Crippen LogP contribution < -0.4 is 9.47 Å². The molecular formula is C12H6Cl3FN2O2. The summed E-state index contributed by atoms with van der Waals surface area (Å²) in [6.07, 6.45) is 0. The molecule has 20 heavy (non-hydrogen) atoms. The highest BCUT2D eigenvalue weighted by atomic mass is 35.5. The minimum Gasteiger partial charge on any atom is -0.486 e. The molecule has 0 N–H and O–H groups in total. The van der Waals surface area contributed by atoms with Crippen molar-refractivity contribution in [2.24, 2.45) is 0 Å². The molecule has 0 spiro atoms. The SMILES string of the molecule is Fc1c(Cl)nc(-c2cc(Cl)c3c(c2)OCCO3)nc1Cl. The topological polar surface area (TPSA) is 44.2 Å². The van der Waals surface area contributed by atoms with Crippen molar-refractivity contribution in [2.45, 2.75) is 0 Å². The van der Waals surface area contributed by atoms with E-state index in [1.54, 1.807) is 12.1 Å². The van der Waals surface area contributed by atoms with Crippen LogP contribution in [-0.2, 0) is 0 Å². The van der Waals surface area contributed by atoms with E-state index in [9.17, 15) is 4.39 Å². The molecule has 1 aliphatic rings. The molecule has 8 heteroatoms. The zero-order valence-corrected chi connectivity index (χ0v) is 12.1. The standard InChI is InChI=1S/C12H6Cl3FN2O2/c13-6-3-5(4-7-9(6)20-2-1-19-7)12-17-10(14)8(16)11(15)18-12/h3-4H,1-2H2. The molecule has 4 nitrogen and oxygen atoms in total. The molecule has 2 heterocycles. The Morgan fingerprint density at radius 3 is 2.35 bits per heavy atom. The number of fused-ring (bicyclic) bond motifs is 1. The van der Waals surface area contributed by atoms with Crippen molar-refractivity contribution in [3.05, 3.63) is 33.3 Å². The van der Waals surface area contributed by atoms with Crippen molar-refractivity contribution in [1.29, 1.82) is 0 Å². The van der Waals surface area contributed by atoms with E-state index in [1.807, 2.05) is 0 Å². The fraction of sp³-hybridized carbons (Fsp3) is 0.167. The van der Waals surface area contributed by atoms with Gasteiger partial charge in [0.25, 0.3) is 0 Å². The highest BCUT2D eigenvalue weighted by Gasteiger charge is 2.19. The van der Waals surface area contributed by atoms with Crippen LogP contribution in [-0.4, -0.2) is 23.2 Å². The lowest BCUT2D eigenvalue weighted by Gasteiger charge is -2.20. The van der Waals surface area contributed by atoms with Gasteiger partial charge >= 0.3 is 0 Å². The van der Waals surface area contributed by atoms with Crippen molar-refractivity contribution in [1.82, 2.24) is 9.97 Å². The van der Waals surface area contributed by atoms with E-state index in [0.29, 0.717) is 35.3 Å². The van der Waals surface area contributed by atoms with Crippen LogP contribution in [0.2, 0.25) is 15.3 Å². The molecule has 0 amide bonds. The maximum Gasteiger partial charge on any atom is 0.197 e. The van der Waals surface area contributed by atoms with Crippen LogP contribution >= 0.6 is 34.8 Å². The van der Waals surface area contributed by atoms with E-state index in [4.69, 9.17) is 44.3 Å². The van der Waals surface area contributed by atoms with Gasteiger partial charge in [-0.1, -0.05) is 34.8 Å². The first kappa shape index (κ1) is 13.7. The molecule has 0 radical (unpaired) electrons. The molecule has 0 bridgehead atoms. The first-order valence-corrected chi connectivity index (χ1v) is 6.67. The Kier molecular flexibility index (Phi) is 3.58. The van der Waals surface area contributed by atoms with Crippen molar-refractivity contribution < 1.29 is 13.9 Å². The number of benzene rings is 1. The average Bonchev–Trinajstić information content (AvgIpc) is 2.44. The monoisotopic (exact) mass is 334 g/mol. The molecule has 104 valence electrons. The van der Waals surface area contributed by atoms with Crippen LogP contribution in [0.25, 0.3) is 11.4 Å². The van der Waals surface area contributed by atoms with E-state index in [2.05, 4.69) is 9.97 Å². The molecular weight excluding hydrogens is 330 g/mol. The minimum atomic E-state index is -0.860. The first-order chi connectivity index (χ1) is 9.56. The number of ether oxygens (including phenoxy) is 2. The average molecular weight is 336 g/mol. The van der Waals surface area contributed by atoms with Gasteiger partial charge in [-0.05, 0) is 12.1 Å².